The molecule has 9 heteroatoms. The molecule has 0 atom stereocenters. The number of hydrogen-bond acceptors (Lipinski definition) is 6. The molecular weight excluding hydrogens is 362 g/mol. The standard InChI is InChI=1S/C18H14F2N2O5/c1-2-24-15-7-11(9-21)3-5-13(15)25-10-17(23)22-12-4-6-14-16(8-12)27-18(19,20)26-14/h3-8H,2,10H2,1H3,(H,22,23). The number of carbonyl (C=O) groups excluding carboxylic acids is 1. The van der Waals surface area contributed by atoms with Gasteiger partial charge >= 0.3 is 6.29 Å². The van der Waals surface area contributed by atoms with E-state index in [0.717, 1.165) is 0 Å². The topological polar surface area (TPSA) is 89.8 Å². The average molecular weight is 376 g/mol. The number of nitriles is 1. The van der Waals surface area contributed by atoms with Crippen molar-refractivity contribution in [1.82, 2.24) is 0 Å². The second-order valence-corrected chi connectivity index (χ2v) is 5.37. The largest absolute Gasteiger partial charge is 0.586 e. The minimum Gasteiger partial charge on any atom is -0.490 e. The van der Waals surface area contributed by atoms with Crippen LogP contribution in [0.5, 0.6) is 23.0 Å². The van der Waals surface area contributed by atoms with Gasteiger partial charge in [0.1, 0.15) is 0 Å². The van der Waals surface area contributed by atoms with Gasteiger partial charge in [0.25, 0.3) is 5.91 Å². The van der Waals surface area contributed by atoms with Gasteiger partial charge in [0.05, 0.1) is 18.2 Å². The van der Waals surface area contributed by atoms with E-state index >= 15 is 0 Å². The van der Waals surface area contributed by atoms with Gasteiger partial charge in [0, 0.05) is 17.8 Å². The number of rotatable bonds is 6. The Bertz CT molecular complexity index is 911. The smallest absolute Gasteiger partial charge is 0.490 e. The van der Waals surface area contributed by atoms with Crippen molar-refractivity contribution in [3.8, 4) is 29.1 Å². The number of amides is 1. The van der Waals surface area contributed by atoms with Crippen LogP contribution in [0.15, 0.2) is 36.4 Å². The number of benzene rings is 2. The number of ether oxygens (including phenoxy) is 4. The molecule has 0 radical (unpaired) electrons. The Labute approximate surface area is 153 Å². The fraction of sp³-hybridized carbons (Fsp3) is 0.222. The van der Waals surface area contributed by atoms with E-state index in [9.17, 15) is 13.6 Å². The highest BCUT2D eigenvalue weighted by molar-refractivity contribution is 5.92. The summed E-state index contributed by atoms with van der Waals surface area (Å²) in [5.74, 6) is -0.170. The summed E-state index contributed by atoms with van der Waals surface area (Å²) < 4.78 is 45.5. The zero-order valence-corrected chi connectivity index (χ0v) is 14.1. The maximum Gasteiger partial charge on any atom is 0.586 e. The van der Waals surface area contributed by atoms with Crippen molar-refractivity contribution >= 4 is 11.6 Å². The van der Waals surface area contributed by atoms with E-state index in [0.29, 0.717) is 23.7 Å². The molecular formula is C18H14F2N2O5. The Morgan fingerprint density at radius 3 is 2.67 bits per heavy atom. The van der Waals surface area contributed by atoms with Crippen LogP contribution in [-0.4, -0.2) is 25.4 Å². The van der Waals surface area contributed by atoms with Crippen LogP contribution in [0.1, 0.15) is 12.5 Å². The number of halogens is 2. The monoisotopic (exact) mass is 376 g/mol. The molecule has 0 aliphatic carbocycles. The van der Waals surface area contributed by atoms with E-state index in [-0.39, 0.29) is 23.8 Å². The summed E-state index contributed by atoms with van der Waals surface area (Å²) in [6.45, 7) is 1.79. The lowest BCUT2D eigenvalue weighted by atomic mass is 10.2. The molecule has 0 spiro atoms. The molecule has 0 bridgehead atoms. The lowest BCUT2D eigenvalue weighted by Gasteiger charge is -2.12. The zero-order valence-electron chi connectivity index (χ0n) is 14.1. The molecule has 0 aromatic heterocycles. The second-order valence-electron chi connectivity index (χ2n) is 5.37. The fourth-order valence-corrected chi connectivity index (χ4v) is 2.33. The number of nitrogens with zero attached hydrogens (tertiary/aromatic N) is 1. The van der Waals surface area contributed by atoms with Crippen molar-refractivity contribution in [2.75, 3.05) is 18.5 Å². The first kappa shape index (κ1) is 18.3. The molecule has 1 amide bonds. The number of fused-ring (bicyclic) bond motifs is 1. The summed E-state index contributed by atoms with van der Waals surface area (Å²) >= 11 is 0. The molecule has 1 aliphatic heterocycles. The molecule has 0 saturated carbocycles. The minimum absolute atomic E-state index is 0.117. The van der Waals surface area contributed by atoms with Crippen LogP contribution in [0.3, 0.4) is 0 Å². The predicted octanol–water partition coefficient (Wildman–Crippen LogP) is 3.30. The summed E-state index contributed by atoms with van der Waals surface area (Å²) in [7, 11) is 0. The van der Waals surface area contributed by atoms with Crippen LogP contribution >= 0.6 is 0 Å². The van der Waals surface area contributed by atoms with E-state index < -0.39 is 12.2 Å². The van der Waals surface area contributed by atoms with Crippen LogP contribution in [0, 0.1) is 11.3 Å². The molecule has 3 rings (SSSR count). The predicted molar refractivity (Wildman–Crippen MR) is 89.1 cm³/mol. The third-order valence-electron chi connectivity index (χ3n) is 3.42. The molecule has 140 valence electrons. The maximum atomic E-state index is 13.0. The van der Waals surface area contributed by atoms with Gasteiger partial charge in [-0.15, -0.1) is 8.78 Å². The van der Waals surface area contributed by atoms with E-state index in [1.807, 2.05) is 6.07 Å². The van der Waals surface area contributed by atoms with Gasteiger partial charge in [-0.3, -0.25) is 4.79 Å². The van der Waals surface area contributed by atoms with E-state index in [1.54, 1.807) is 6.92 Å². The number of carbonyl (C=O) groups is 1. The molecule has 1 aliphatic rings. The Morgan fingerprint density at radius 2 is 1.93 bits per heavy atom. The third-order valence-corrected chi connectivity index (χ3v) is 3.42. The summed E-state index contributed by atoms with van der Waals surface area (Å²) in [4.78, 5) is 12.1. The van der Waals surface area contributed by atoms with Gasteiger partial charge in [0.15, 0.2) is 29.6 Å². The van der Waals surface area contributed by atoms with Crippen LogP contribution in [0.2, 0.25) is 0 Å². The number of alkyl halides is 2. The summed E-state index contributed by atoms with van der Waals surface area (Å²) in [5, 5.41) is 11.4. The van der Waals surface area contributed by atoms with Gasteiger partial charge in [0.2, 0.25) is 0 Å². The highest BCUT2D eigenvalue weighted by atomic mass is 19.3. The number of anilines is 1. The molecule has 0 saturated heterocycles. The first-order valence-corrected chi connectivity index (χ1v) is 7.89. The van der Waals surface area contributed by atoms with E-state index in [1.165, 1.54) is 36.4 Å². The van der Waals surface area contributed by atoms with Gasteiger partial charge in [-0.1, -0.05) is 0 Å². The quantitative estimate of drug-likeness (QED) is 0.832. The normalized spacial score (nSPS) is 13.6. The molecule has 2 aromatic rings. The third kappa shape index (κ3) is 4.36. The maximum absolute atomic E-state index is 13.0. The Morgan fingerprint density at radius 1 is 1.15 bits per heavy atom. The Hall–Kier alpha value is -3.54. The molecule has 1 N–H and O–H groups in total. The molecule has 1 heterocycles. The summed E-state index contributed by atoms with van der Waals surface area (Å²) in [5.41, 5.74) is 0.640. The Balaban J connectivity index is 1.62. The second kappa shape index (κ2) is 7.37. The molecule has 27 heavy (non-hydrogen) atoms. The molecule has 0 fully saturated rings. The van der Waals surface area contributed by atoms with Gasteiger partial charge < -0.3 is 24.3 Å². The van der Waals surface area contributed by atoms with Crippen molar-refractivity contribution in [3.05, 3.63) is 42.0 Å². The highest BCUT2D eigenvalue weighted by Crippen LogP contribution is 2.42. The zero-order chi connectivity index (χ0) is 19.4. The van der Waals surface area contributed by atoms with Crippen molar-refractivity contribution in [2.24, 2.45) is 0 Å². The lowest BCUT2D eigenvalue weighted by Crippen LogP contribution is -2.25. The number of nitrogens with one attached hydrogen (secondary N) is 1. The highest BCUT2D eigenvalue weighted by Gasteiger charge is 2.43. The van der Waals surface area contributed by atoms with Crippen molar-refractivity contribution in [3.63, 3.8) is 0 Å². The number of hydrogen-bond donors (Lipinski definition) is 1. The van der Waals surface area contributed by atoms with Gasteiger partial charge in [-0.25, -0.2) is 0 Å². The SMILES string of the molecule is CCOc1cc(C#N)ccc1OCC(=O)Nc1ccc2c(c1)OC(F)(F)O2. The first-order valence-electron chi connectivity index (χ1n) is 7.89. The summed E-state index contributed by atoms with van der Waals surface area (Å²) in [6, 6.07) is 10.4. The molecule has 2 aromatic carbocycles. The van der Waals surface area contributed by atoms with Crippen LogP contribution in [0.4, 0.5) is 14.5 Å². The average Bonchev–Trinajstić information content (AvgIpc) is 2.94. The molecule has 7 nitrogen and oxygen atoms in total. The Kier molecular flexibility index (Phi) is 4.98. The fourth-order valence-electron chi connectivity index (χ4n) is 2.33. The first-order chi connectivity index (χ1) is 12.9. The molecule has 0 unspecified atom stereocenters. The van der Waals surface area contributed by atoms with Crippen molar-refractivity contribution < 1.29 is 32.5 Å². The lowest BCUT2D eigenvalue weighted by molar-refractivity contribution is -0.286. The van der Waals surface area contributed by atoms with Gasteiger partial charge in [-0.05, 0) is 31.2 Å². The van der Waals surface area contributed by atoms with Crippen LogP contribution in [-0.2, 0) is 4.79 Å². The van der Waals surface area contributed by atoms with Crippen LogP contribution < -0.4 is 24.3 Å². The van der Waals surface area contributed by atoms with Crippen LogP contribution in [0.25, 0.3) is 0 Å². The van der Waals surface area contributed by atoms with E-state index in [2.05, 4.69) is 14.8 Å². The summed E-state index contributed by atoms with van der Waals surface area (Å²) in [6.07, 6.45) is -3.72. The van der Waals surface area contributed by atoms with Crippen molar-refractivity contribution in [1.29, 1.82) is 5.26 Å². The van der Waals surface area contributed by atoms with Gasteiger partial charge in [-0.2, -0.15) is 5.26 Å². The van der Waals surface area contributed by atoms with Crippen molar-refractivity contribution in [2.45, 2.75) is 13.2 Å². The minimum atomic E-state index is -3.72. The van der Waals surface area contributed by atoms with E-state index in [4.69, 9.17) is 14.7 Å².